The second-order valence-corrected chi connectivity index (χ2v) is 5.02. The lowest BCUT2D eigenvalue weighted by molar-refractivity contribution is -0.148. The molecule has 0 heterocycles. The Balaban J connectivity index is 2.33. The molecule has 1 aromatic rings. The molecule has 2 N–H and O–H groups in total. The number of carbonyl (C=O) groups is 1. The Hall–Kier alpha value is -1.39. The van der Waals surface area contributed by atoms with Gasteiger partial charge in [-0.3, -0.25) is 0 Å². The van der Waals surface area contributed by atoms with Crippen molar-refractivity contribution >= 4 is 5.97 Å². The number of carbonyl (C=O) groups excluding carboxylic acids is 1. The Kier molecular flexibility index (Phi) is 5.31. The van der Waals surface area contributed by atoms with Crippen molar-refractivity contribution in [3.05, 3.63) is 35.9 Å². The molecule has 1 rings (SSSR count). The average Bonchev–Trinajstić information content (AvgIpc) is 2.33. The van der Waals surface area contributed by atoms with Crippen LogP contribution in [0.2, 0.25) is 0 Å². The first-order valence-corrected chi connectivity index (χ1v) is 6.01. The highest BCUT2D eigenvalue weighted by atomic mass is 16.6. The van der Waals surface area contributed by atoms with Gasteiger partial charge in [0.05, 0.1) is 12.2 Å². The van der Waals surface area contributed by atoms with E-state index in [9.17, 15) is 4.79 Å². The smallest absolute Gasteiger partial charge is 0.327 e. The third kappa shape index (κ3) is 5.29. The van der Waals surface area contributed by atoms with Gasteiger partial charge in [0.2, 0.25) is 0 Å². The molecule has 1 aromatic carbocycles. The third-order valence-electron chi connectivity index (χ3n) is 2.28. The van der Waals surface area contributed by atoms with E-state index in [0.717, 1.165) is 5.56 Å². The van der Waals surface area contributed by atoms with Crippen LogP contribution in [0.4, 0.5) is 0 Å². The highest BCUT2D eigenvalue weighted by Crippen LogP contribution is 2.11. The van der Waals surface area contributed by atoms with E-state index in [0.29, 0.717) is 6.61 Å². The highest BCUT2D eigenvalue weighted by molar-refractivity contribution is 5.77. The summed E-state index contributed by atoms with van der Waals surface area (Å²) in [7, 11) is 0. The van der Waals surface area contributed by atoms with Crippen molar-refractivity contribution in [2.75, 3.05) is 13.2 Å². The van der Waals surface area contributed by atoms with E-state index in [1.165, 1.54) is 0 Å². The Morgan fingerprint density at radius 1 is 1.22 bits per heavy atom. The van der Waals surface area contributed by atoms with Gasteiger partial charge in [-0.05, 0) is 26.3 Å². The van der Waals surface area contributed by atoms with Crippen molar-refractivity contribution in [2.24, 2.45) is 5.73 Å². The zero-order chi connectivity index (χ0) is 13.6. The summed E-state index contributed by atoms with van der Waals surface area (Å²) in [6.45, 7) is 6.44. The fourth-order valence-corrected chi connectivity index (χ4v) is 1.38. The minimum absolute atomic E-state index is 0.219. The Labute approximate surface area is 108 Å². The molecule has 0 aliphatic rings. The number of hydrogen-bond acceptors (Lipinski definition) is 4. The lowest BCUT2D eigenvalue weighted by atomic mass is 10.1. The molecule has 0 radical (unpaired) electrons. The predicted octanol–water partition coefficient (Wildman–Crippen LogP) is 2.04. The van der Waals surface area contributed by atoms with Crippen molar-refractivity contribution in [1.29, 1.82) is 0 Å². The van der Waals surface area contributed by atoms with Gasteiger partial charge in [0.1, 0.15) is 12.6 Å². The van der Waals surface area contributed by atoms with Gasteiger partial charge < -0.3 is 15.2 Å². The van der Waals surface area contributed by atoms with Crippen LogP contribution in [0.25, 0.3) is 0 Å². The minimum Gasteiger partial charge on any atom is -0.462 e. The summed E-state index contributed by atoms with van der Waals surface area (Å²) in [5.41, 5.74) is 6.31. The lowest BCUT2D eigenvalue weighted by Gasteiger charge is -2.19. The van der Waals surface area contributed by atoms with E-state index < -0.39 is 12.0 Å². The number of hydrogen-bond donors (Lipinski definition) is 1. The standard InChI is InChI=1S/C14H21NO3/c1-14(2,3)18-10-9-17-13(16)12(15)11-7-5-4-6-8-11/h4-8,12H,9-10,15H2,1-3H3/t12-/m1/s1. The summed E-state index contributed by atoms with van der Waals surface area (Å²) in [6.07, 6.45) is 0. The number of esters is 1. The zero-order valence-corrected chi connectivity index (χ0v) is 11.2. The van der Waals surface area contributed by atoms with Crippen LogP contribution in [0.15, 0.2) is 30.3 Å². The summed E-state index contributed by atoms with van der Waals surface area (Å²) in [4.78, 5) is 11.7. The Bertz CT molecular complexity index is 370. The number of ether oxygens (including phenoxy) is 2. The van der Waals surface area contributed by atoms with Gasteiger partial charge in [0, 0.05) is 0 Å². The molecule has 0 aliphatic heterocycles. The number of nitrogens with two attached hydrogens (primary N) is 1. The summed E-state index contributed by atoms with van der Waals surface area (Å²) in [6, 6.07) is 8.42. The molecule has 4 nitrogen and oxygen atoms in total. The highest BCUT2D eigenvalue weighted by Gasteiger charge is 2.17. The van der Waals surface area contributed by atoms with E-state index in [1.54, 1.807) is 12.1 Å². The van der Waals surface area contributed by atoms with E-state index in [4.69, 9.17) is 15.2 Å². The van der Waals surface area contributed by atoms with E-state index in [-0.39, 0.29) is 12.2 Å². The van der Waals surface area contributed by atoms with Gasteiger partial charge >= 0.3 is 5.97 Å². The van der Waals surface area contributed by atoms with Crippen molar-refractivity contribution in [1.82, 2.24) is 0 Å². The molecule has 4 heteroatoms. The largest absolute Gasteiger partial charge is 0.462 e. The Morgan fingerprint density at radius 2 is 1.83 bits per heavy atom. The minimum atomic E-state index is -0.735. The molecular formula is C14H21NO3. The fourth-order valence-electron chi connectivity index (χ4n) is 1.38. The molecule has 100 valence electrons. The maximum absolute atomic E-state index is 11.7. The van der Waals surface area contributed by atoms with Gasteiger partial charge in [-0.15, -0.1) is 0 Å². The third-order valence-corrected chi connectivity index (χ3v) is 2.28. The first-order chi connectivity index (χ1) is 8.40. The van der Waals surface area contributed by atoms with Gasteiger partial charge in [-0.1, -0.05) is 30.3 Å². The second kappa shape index (κ2) is 6.52. The molecule has 0 saturated heterocycles. The van der Waals surface area contributed by atoms with Crippen LogP contribution < -0.4 is 5.73 Å². The Morgan fingerprint density at radius 3 is 2.39 bits per heavy atom. The van der Waals surface area contributed by atoms with Crippen molar-refractivity contribution in [3.63, 3.8) is 0 Å². The summed E-state index contributed by atoms with van der Waals surface area (Å²) >= 11 is 0. The molecule has 0 aliphatic carbocycles. The SMILES string of the molecule is CC(C)(C)OCCOC(=O)[C@H](N)c1ccccc1. The molecule has 0 spiro atoms. The van der Waals surface area contributed by atoms with Gasteiger partial charge in [0.15, 0.2) is 0 Å². The van der Waals surface area contributed by atoms with Crippen molar-refractivity contribution in [2.45, 2.75) is 32.4 Å². The fraction of sp³-hybridized carbons (Fsp3) is 0.500. The molecule has 0 saturated carbocycles. The van der Waals surface area contributed by atoms with E-state index in [2.05, 4.69) is 0 Å². The van der Waals surface area contributed by atoms with Crippen LogP contribution >= 0.6 is 0 Å². The van der Waals surface area contributed by atoms with Gasteiger partial charge in [-0.25, -0.2) is 4.79 Å². The average molecular weight is 251 g/mol. The molecule has 1 atom stereocenters. The molecule has 0 unspecified atom stereocenters. The molecule has 0 amide bonds. The van der Waals surface area contributed by atoms with Crippen molar-refractivity contribution < 1.29 is 14.3 Å². The maximum atomic E-state index is 11.7. The first-order valence-electron chi connectivity index (χ1n) is 6.01. The second-order valence-electron chi connectivity index (χ2n) is 5.02. The van der Waals surface area contributed by atoms with Gasteiger partial charge in [0.25, 0.3) is 0 Å². The van der Waals surface area contributed by atoms with Crippen LogP contribution in [0, 0.1) is 0 Å². The van der Waals surface area contributed by atoms with Crippen molar-refractivity contribution in [3.8, 4) is 0 Å². The predicted molar refractivity (Wildman–Crippen MR) is 70.0 cm³/mol. The van der Waals surface area contributed by atoms with Crippen LogP contribution in [-0.2, 0) is 14.3 Å². The summed E-state index contributed by atoms with van der Waals surface area (Å²) in [5, 5.41) is 0. The maximum Gasteiger partial charge on any atom is 0.327 e. The summed E-state index contributed by atoms with van der Waals surface area (Å²) < 4.78 is 10.5. The number of rotatable bonds is 5. The zero-order valence-electron chi connectivity index (χ0n) is 11.2. The van der Waals surface area contributed by atoms with E-state index in [1.807, 2.05) is 39.0 Å². The normalized spacial score (nSPS) is 13.1. The van der Waals surface area contributed by atoms with Gasteiger partial charge in [-0.2, -0.15) is 0 Å². The lowest BCUT2D eigenvalue weighted by Crippen LogP contribution is -2.27. The van der Waals surface area contributed by atoms with Crippen LogP contribution in [0.1, 0.15) is 32.4 Å². The van der Waals surface area contributed by atoms with Crippen LogP contribution in [-0.4, -0.2) is 24.8 Å². The van der Waals surface area contributed by atoms with Crippen LogP contribution in [0.3, 0.4) is 0 Å². The molecule has 0 aromatic heterocycles. The molecular weight excluding hydrogens is 230 g/mol. The molecule has 18 heavy (non-hydrogen) atoms. The monoisotopic (exact) mass is 251 g/mol. The molecule has 0 fully saturated rings. The quantitative estimate of drug-likeness (QED) is 0.642. The topological polar surface area (TPSA) is 61.5 Å². The molecule has 0 bridgehead atoms. The number of benzene rings is 1. The van der Waals surface area contributed by atoms with E-state index >= 15 is 0 Å². The summed E-state index contributed by atoms with van der Waals surface area (Å²) in [5.74, 6) is -0.432. The first kappa shape index (κ1) is 14.7. The van der Waals surface area contributed by atoms with Crippen LogP contribution in [0.5, 0.6) is 0 Å².